The molecule has 0 amide bonds. The first-order valence-corrected chi connectivity index (χ1v) is 5.85. The minimum Gasteiger partial charge on any atom is -0.396 e. The zero-order valence-corrected chi connectivity index (χ0v) is 8.74. The van der Waals surface area contributed by atoms with E-state index in [2.05, 4.69) is 5.32 Å². The molecule has 0 aromatic heterocycles. The zero-order valence-electron chi connectivity index (χ0n) is 8.74. The highest BCUT2D eigenvalue weighted by Gasteiger charge is 2.28. The number of aliphatic hydroxyl groups is 1. The van der Waals surface area contributed by atoms with Gasteiger partial charge in [0.1, 0.15) is 0 Å². The van der Waals surface area contributed by atoms with Crippen LogP contribution in [0, 0.1) is 5.92 Å². The Hall–Kier alpha value is -0.120. The standard InChI is InChI=1S/C11H21NO2/c13-8-9-2-1-3-11(9)12-10-4-6-14-7-5-10/h9-13H,1-8H2. The molecule has 0 spiro atoms. The summed E-state index contributed by atoms with van der Waals surface area (Å²) in [5, 5.41) is 12.9. The Bertz CT molecular complexity index is 169. The Kier molecular flexibility index (Phi) is 3.79. The van der Waals surface area contributed by atoms with Gasteiger partial charge in [-0.2, -0.15) is 0 Å². The van der Waals surface area contributed by atoms with Crippen molar-refractivity contribution in [1.29, 1.82) is 0 Å². The number of hydrogen-bond acceptors (Lipinski definition) is 3. The molecular weight excluding hydrogens is 178 g/mol. The van der Waals surface area contributed by atoms with Crippen LogP contribution < -0.4 is 5.32 Å². The molecular formula is C11H21NO2. The second-order valence-electron chi connectivity index (χ2n) is 4.53. The van der Waals surface area contributed by atoms with Crippen LogP contribution in [0.4, 0.5) is 0 Å². The van der Waals surface area contributed by atoms with Crippen LogP contribution in [-0.4, -0.2) is 37.0 Å². The van der Waals surface area contributed by atoms with Gasteiger partial charge in [0.2, 0.25) is 0 Å². The lowest BCUT2D eigenvalue weighted by Gasteiger charge is -2.29. The first-order valence-electron chi connectivity index (χ1n) is 5.85. The van der Waals surface area contributed by atoms with Crippen LogP contribution in [0.15, 0.2) is 0 Å². The number of ether oxygens (including phenoxy) is 1. The van der Waals surface area contributed by atoms with Gasteiger partial charge in [-0.1, -0.05) is 6.42 Å². The van der Waals surface area contributed by atoms with Gasteiger partial charge in [0, 0.05) is 31.9 Å². The molecule has 2 rings (SSSR count). The average molecular weight is 199 g/mol. The third kappa shape index (κ3) is 2.47. The highest BCUT2D eigenvalue weighted by Crippen LogP contribution is 2.26. The predicted molar refractivity (Wildman–Crippen MR) is 55.2 cm³/mol. The topological polar surface area (TPSA) is 41.5 Å². The van der Waals surface area contributed by atoms with Crippen LogP contribution in [0.2, 0.25) is 0 Å². The molecule has 2 atom stereocenters. The van der Waals surface area contributed by atoms with Crippen LogP contribution >= 0.6 is 0 Å². The van der Waals surface area contributed by atoms with Crippen LogP contribution in [0.5, 0.6) is 0 Å². The molecule has 0 bridgehead atoms. The summed E-state index contributed by atoms with van der Waals surface area (Å²) in [7, 11) is 0. The summed E-state index contributed by atoms with van der Waals surface area (Å²) in [6.07, 6.45) is 5.97. The predicted octanol–water partition coefficient (Wildman–Crippen LogP) is 0.916. The third-order valence-corrected chi connectivity index (χ3v) is 3.56. The summed E-state index contributed by atoms with van der Waals surface area (Å²) in [6, 6.07) is 1.18. The summed E-state index contributed by atoms with van der Waals surface area (Å²) in [5.74, 6) is 0.498. The SMILES string of the molecule is OCC1CCCC1NC1CCOCC1. The van der Waals surface area contributed by atoms with Gasteiger partial charge in [0.05, 0.1) is 0 Å². The maximum Gasteiger partial charge on any atom is 0.0480 e. The van der Waals surface area contributed by atoms with Gasteiger partial charge >= 0.3 is 0 Å². The van der Waals surface area contributed by atoms with Gasteiger partial charge in [0.15, 0.2) is 0 Å². The van der Waals surface area contributed by atoms with Crippen LogP contribution in [0.3, 0.4) is 0 Å². The van der Waals surface area contributed by atoms with Crippen molar-refractivity contribution in [1.82, 2.24) is 5.32 Å². The monoisotopic (exact) mass is 199 g/mol. The average Bonchev–Trinajstić information content (AvgIpc) is 2.67. The molecule has 1 saturated heterocycles. The maximum atomic E-state index is 9.20. The summed E-state index contributed by atoms with van der Waals surface area (Å²) >= 11 is 0. The fourth-order valence-electron chi connectivity index (χ4n) is 2.64. The lowest BCUT2D eigenvalue weighted by atomic mass is 10.0. The van der Waals surface area contributed by atoms with Crippen LogP contribution in [0.1, 0.15) is 32.1 Å². The van der Waals surface area contributed by atoms with Gasteiger partial charge < -0.3 is 15.2 Å². The second-order valence-corrected chi connectivity index (χ2v) is 4.53. The number of rotatable bonds is 3. The van der Waals surface area contributed by atoms with Crippen molar-refractivity contribution in [3.05, 3.63) is 0 Å². The van der Waals surface area contributed by atoms with Gasteiger partial charge in [0.25, 0.3) is 0 Å². The van der Waals surface area contributed by atoms with Gasteiger partial charge in [-0.25, -0.2) is 0 Å². The molecule has 2 aliphatic rings. The summed E-state index contributed by atoms with van der Waals surface area (Å²) in [6.45, 7) is 2.14. The Balaban J connectivity index is 1.77. The minimum absolute atomic E-state index is 0.348. The molecule has 1 aliphatic carbocycles. The van der Waals surface area contributed by atoms with E-state index < -0.39 is 0 Å². The molecule has 1 saturated carbocycles. The van der Waals surface area contributed by atoms with Crippen molar-refractivity contribution in [2.75, 3.05) is 19.8 Å². The van der Waals surface area contributed by atoms with E-state index in [1.54, 1.807) is 0 Å². The first-order chi connectivity index (χ1) is 6.90. The molecule has 2 fully saturated rings. The van der Waals surface area contributed by atoms with E-state index in [0.717, 1.165) is 26.1 Å². The van der Waals surface area contributed by atoms with Gasteiger partial charge in [-0.05, 0) is 31.6 Å². The third-order valence-electron chi connectivity index (χ3n) is 3.56. The van der Waals surface area contributed by atoms with E-state index >= 15 is 0 Å². The molecule has 3 heteroatoms. The van der Waals surface area contributed by atoms with Crippen molar-refractivity contribution >= 4 is 0 Å². The van der Waals surface area contributed by atoms with Crippen LogP contribution in [-0.2, 0) is 4.74 Å². The van der Waals surface area contributed by atoms with E-state index in [9.17, 15) is 5.11 Å². The molecule has 0 aromatic carbocycles. The highest BCUT2D eigenvalue weighted by atomic mass is 16.5. The van der Waals surface area contributed by atoms with Crippen molar-refractivity contribution in [3.63, 3.8) is 0 Å². The Morgan fingerprint density at radius 3 is 2.64 bits per heavy atom. The van der Waals surface area contributed by atoms with E-state index in [0.29, 0.717) is 24.6 Å². The fourth-order valence-corrected chi connectivity index (χ4v) is 2.64. The lowest BCUT2D eigenvalue weighted by Crippen LogP contribution is -2.44. The Morgan fingerprint density at radius 1 is 1.14 bits per heavy atom. The Morgan fingerprint density at radius 2 is 1.93 bits per heavy atom. The van der Waals surface area contributed by atoms with Crippen molar-refractivity contribution in [2.45, 2.75) is 44.2 Å². The summed E-state index contributed by atoms with van der Waals surface area (Å²) in [4.78, 5) is 0. The lowest BCUT2D eigenvalue weighted by molar-refractivity contribution is 0.0713. The van der Waals surface area contributed by atoms with Crippen LogP contribution in [0.25, 0.3) is 0 Å². The van der Waals surface area contributed by atoms with E-state index in [1.807, 2.05) is 0 Å². The molecule has 3 nitrogen and oxygen atoms in total. The van der Waals surface area contributed by atoms with Gasteiger partial charge in [-0.15, -0.1) is 0 Å². The highest BCUT2D eigenvalue weighted by molar-refractivity contribution is 4.86. The Labute approximate surface area is 85.8 Å². The quantitative estimate of drug-likeness (QED) is 0.710. The summed E-state index contributed by atoms with van der Waals surface area (Å²) < 4.78 is 5.33. The van der Waals surface area contributed by atoms with Crippen molar-refractivity contribution in [2.24, 2.45) is 5.92 Å². The number of aliphatic hydroxyl groups excluding tert-OH is 1. The molecule has 2 N–H and O–H groups in total. The zero-order chi connectivity index (χ0) is 9.80. The summed E-state index contributed by atoms with van der Waals surface area (Å²) in [5.41, 5.74) is 0. The minimum atomic E-state index is 0.348. The van der Waals surface area contributed by atoms with E-state index in [-0.39, 0.29) is 0 Å². The van der Waals surface area contributed by atoms with E-state index in [1.165, 1.54) is 19.3 Å². The smallest absolute Gasteiger partial charge is 0.0480 e. The molecule has 0 radical (unpaired) electrons. The largest absolute Gasteiger partial charge is 0.396 e. The molecule has 1 heterocycles. The van der Waals surface area contributed by atoms with Crippen molar-refractivity contribution < 1.29 is 9.84 Å². The first kappa shape index (κ1) is 10.4. The second kappa shape index (κ2) is 5.10. The molecule has 0 aromatic rings. The van der Waals surface area contributed by atoms with Gasteiger partial charge in [-0.3, -0.25) is 0 Å². The maximum absolute atomic E-state index is 9.20. The van der Waals surface area contributed by atoms with Crippen molar-refractivity contribution in [3.8, 4) is 0 Å². The molecule has 2 unspecified atom stereocenters. The fraction of sp³-hybridized carbons (Fsp3) is 1.00. The molecule has 1 aliphatic heterocycles. The molecule has 14 heavy (non-hydrogen) atoms. The normalized spacial score (nSPS) is 34.9. The number of nitrogens with one attached hydrogen (secondary N) is 1. The van der Waals surface area contributed by atoms with E-state index in [4.69, 9.17) is 4.74 Å². The molecule has 82 valence electrons. The number of hydrogen-bond donors (Lipinski definition) is 2.